The Morgan fingerprint density at radius 3 is 1.83 bits per heavy atom. The van der Waals surface area contributed by atoms with E-state index in [4.69, 9.17) is 4.74 Å². The van der Waals surface area contributed by atoms with Crippen LogP contribution in [-0.2, 0) is 0 Å². The van der Waals surface area contributed by atoms with Gasteiger partial charge in [0, 0.05) is 3.57 Å². The Kier molecular flexibility index (Phi) is 13.7. The number of halogens is 1. The molecule has 0 fully saturated rings. The predicted octanol–water partition coefficient (Wildman–Crippen LogP) is 8.01. The third kappa shape index (κ3) is 11.3. The van der Waals surface area contributed by atoms with Crippen molar-refractivity contribution in [3.8, 4) is 5.75 Å². The fourth-order valence-electron chi connectivity index (χ4n) is 3.13. The standard InChI is InChI=1S/C22H37IO/c1-3-5-7-9-10-12-14-20(13-11-8-6-4-2)19-24-22-17-15-21(23)16-18-22/h15-18,20H,3-14,19H2,1-2H3. The van der Waals surface area contributed by atoms with Crippen molar-refractivity contribution in [3.63, 3.8) is 0 Å². The second-order valence-electron chi connectivity index (χ2n) is 7.04. The van der Waals surface area contributed by atoms with Crippen molar-refractivity contribution >= 4 is 22.6 Å². The molecule has 0 N–H and O–H groups in total. The van der Waals surface area contributed by atoms with Crippen LogP contribution in [0.3, 0.4) is 0 Å². The van der Waals surface area contributed by atoms with Crippen LogP contribution in [0.1, 0.15) is 90.9 Å². The Balaban J connectivity index is 2.28. The van der Waals surface area contributed by atoms with Gasteiger partial charge in [-0.15, -0.1) is 0 Å². The van der Waals surface area contributed by atoms with Gasteiger partial charge >= 0.3 is 0 Å². The van der Waals surface area contributed by atoms with E-state index in [1.165, 1.54) is 80.6 Å². The summed E-state index contributed by atoms with van der Waals surface area (Å²) in [6.45, 7) is 5.46. The summed E-state index contributed by atoms with van der Waals surface area (Å²) in [5, 5.41) is 0. The van der Waals surface area contributed by atoms with Crippen LogP contribution in [0.5, 0.6) is 5.75 Å². The van der Waals surface area contributed by atoms with Gasteiger partial charge in [0.05, 0.1) is 6.61 Å². The van der Waals surface area contributed by atoms with Crippen LogP contribution in [0.4, 0.5) is 0 Å². The third-order valence-corrected chi connectivity index (χ3v) is 5.45. The number of ether oxygens (including phenoxy) is 1. The van der Waals surface area contributed by atoms with Crippen molar-refractivity contribution in [2.24, 2.45) is 5.92 Å². The molecule has 0 aliphatic rings. The minimum atomic E-state index is 0.729. The molecule has 0 spiro atoms. The van der Waals surface area contributed by atoms with Crippen LogP contribution >= 0.6 is 22.6 Å². The van der Waals surface area contributed by atoms with E-state index in [1.807, 2.05) is 0 Å². The van der Waals surface area contributed by atoms with Crippen LogP contribution in [0.2, 0.25) is 0 Å². The van der Waals surface area contributed by atoms with Crippen molar-refractivity contribution in [3.05, 3.63) is 27.8 Å². The molecule has 1 aromatic carbocycles. The lowest BCUT2D eigenvalue weighted by Gasteiger charge is -2.18. The van der Waals surface area contributed by atoms with E-state index in [1.54, 1.807) is 0 Å². The minimum absolute atomic E-state index is 0.729. The van der Waals surface area contributed by atoms with Crippen molar-refractivity contribution in [2.45, 2.75) is 90.9 Å². The normalized spacial score (nSPS) is 12.3. The summed E-state index contributed by atoms with van der Waals surface area (Å²) >= 11 is 2.34. The lowest BCUT2D eigenvalue weighted by atomic mass is 9.95. The fraction of sp³-hybridized carbons (Fsp3) is 0.727. The van der Waals surface area contributed by atoms with E-state index in [9.17, 15) is 0 Å². The van der Waals surface area contributed by atoms with E-state index in [0.29, 0.717) is 0 Å². The van der Waals surface area contributed by atoms with Gasteiger partial charge in [-0.1, -0.05) is 78.1 Å². The molecule has 1 aromatic rings. The van der Waals surface area contributed by atoms with E-state index in [2.05, 4.69) is 60.7 Å². The van der Waals surface area contributed by atoms with Gasteiger partial charge in [0.15, 0.2) is 0 Å². The van der Waals surface area contributed by atoms with Gasteiger partial charge in [-0.25, -0.2) is 0 Å². The maximum atomic E-state index is 6.07. The Hall–Kier alpha value is -0.250. The quantitative estimate of drug-likeness (QED) is 0.197. The molecule has 0 saturated heterocycles. The maximum Gasteiger partial charge on any atom is 0.119 e. The number of benzene rings is 1. The molecule has 24 heavy (non-hydrogen) atoms. The highest BCUT2D eigenvalue weighted by atomic mass is 127. The van der Waals surface area contributed by atoms with Gasteiger partial charge in [-0.2, -0.15) is 0 Å². The molecule has 2 heteroatoms. The largest absolute Gasteiger partial charge is 0.493 e. The summed E-state index contributed by atoms with van der Waals surface area (Å²) in [5.41, 5.74) is 0. The Labute approximate surface area is 164 Å². The zero-order valence-electron chi connectivity index (χ0n) is 15.9. The first kappa shape index (κ1) is 21.8. The van der Waals surface area contributed by atoms with Crippen molar-refractivity contribution in [1.82, 2.24) is 0 Å². The molecule has 0 heterocycles. The van der Waals surface area contributed by atoms with Crippen LogP contribution < -0.4 is 4.74 Å². The molecule has 1 unspecified atom stereocenters. The molecule has 1 rings (SSSR count). The zero-order chi connectivity index (χ0) is 17.5. The van der Waals surface area contributed by atoms with E-state index >= 15 is 0 Å². The summed E-state index contributed by atoms with van der Waals surface area (Å²) in [5.74, 6) is 1.75. The van der Waals surface area contributed by atoms with Crippen LogP contribution in [-0.4, -0.2) is 6.61 Å². The van der Waals surface area contributed by atoms with Crippen LogP contribution in [0, 0.1) is 9.49 Å². The molecule has 1 atom stereocenters. The number of rotatable bonds is 15. The minimum Gasteiger partial charge on any atom is -0.493 e. The molecule has 1 nitrogen and oxygen atoms in total. The highest BCUT2D eigenvalue weighted by Crippen LogP contribution is 2.21. The Morgan fingerprint density at radius 2 is 1.25 bits per heavy atom. The van der Waals surface area contributed by atoms with Gasteiger partial charge in [0.1, 0.15) is 5.75 Å². The SMILES string of the molecule is CCCCCCCCC(CCCCCC)COc1ccc(I)cc1. The Morgan fingerprint density at radius 1 is 0.750 bits per heavy atom. The second kappa shape index (κ2) is 15.0. The van der Waals surface area contributed by atoms with E-state index in [0.717, 1.165) is 18.3 Å². The van der Waals surface area contributed by atoms with Crippen molar-refractivity contribution < 1.29 is 4.74 Å². The highest BCUT2D eigenvalue weighted by Gasteiger charge is 2.10. The van der Waals surface area contributed by atoms with Crippen molar-refractivity contribution in [2.75, 3.05) is 6.61 Å². The molecular weight excluding hydrogens is 407 g/mol. The second-order valence-corrected chi connectivity index (χ2v) is 8.28. The fourth-order valence-corrected chi connectivity index (χ4v) is 3.49. The molecule has 0 aromatic heterocycles. The first-order valence-corrected chi connectivity index (χ1v) is 11.2. The lowest BCUT2D eigenvalue weighted by molar-refractivity contribution is 0.224. The summed E-state index contributed by atoms with van der Waals surface area (Å²) in [7, 11) is 0. The zero-order valence-corrected chi connectivity index (χ0v) is 18.0. The van der Waals surface area contributed by atoms with Gasteiger partial charge in [-0.05, 0) is 65.6 Å². The first-order chi connectivity index (χ1) is 11.8. The van der Waals surface area contributed by atoms with Gasteiger partial charge in [-0.3, -0.25) is 0 Å². The maximum absolute atomic E-state index is 6.07. The average Bonchev–Trinajstić information content (AvgIpc) is 2.60. The summed E-state index contributed by atoms with van der Waals surface area (Å²) in [4.78, 5) is 0. The average molecular weight is 444 g/mol. The summed E-state index contributed by atoms with van der Waals surface area (Å²) in [6, 6.07) is 8.45. The highest BCUT2D eigenvalue weighted by molar-refractivity contribution is 14.1. The topological polar surface area (TPSA) is 9.23 Å². The lowest BCUT2D eigenvalue weighted by Crippen LogP contribution is -2.12. The number of hydrogen-bond acceptors (Lipinski definition) is 1. The summed E-state index contributed by atoms with van der Waals surface area (Å²) in [6.07, 6.45) is 16.4. The molecule has 0 amide bonds. The first-order valence-electron chi connectivity index (χ1n) is 10.1. The molecule has 138 valence electrons. The van der Waals surface area contributed by atoms with Crippen molar-refractivity contribution in [1.29, 1.82) is 0 Å². The third-order valence-electron chi connectivity index (χ3n) is 4.73. The molecule has 0 bridgehead atoms. The number of unbranched alkanes of at least 4 members (excludes halogenated alkanes) is 8. The molecule has 0 saturated carbocycles. The van der Waals surface area contributed by atoms with Gasteiger partial charge in [0.2, 0.25) is 0 Å². The molecular formula is C22H37IO. The summed E-state index contributed by atoms with van der Waals surface area (Å²) < 4.78 is 7.34. The van der Waals surface area contributed by atoms with Gasteiger partial charge < -0.3 is 4.74 Å². The smallest absolute Gasteiger partial charge is 0.119 e. The Bertz CT molecular complexity index is 387. The molecule has 0 aliphatic heterocycles. The van der Waals surface area contributed by atoms with Gasteiger partial charge in [0.25, 0.3) is 0 Å². The van der Waals surface area contributed by atoms with Crippen LogP contribution in [0.25, 0.3) is 0 Å². The van der Waals surface area contributed by atoms with Crippen LogP contribution in [0.15, 0.2) is 24.3 Å². The molecule has 0 aliphatic carbocycles. The van der Waals surface area contributed by atoms with E-state index < -0.39 is 0 Å². The van der Waals surface area contributed by atoms with E-state index in [-0.39, 0.29) is 0 Å². The predicted molar refractivity (Wildman–Crippen MR) is 115 cm³/mol. The number of hydrogen-bond donors (Lipinski definition) is 0. The molecule has 0 radical (unpaired) electrons. The monoisotopic (exact) mass is 444 g/mol.